The number of carbonyl (C=O) groups is 1. The van der Waals surface area contributed by atoms with Gasteiger partial charge in [0, 0.05) is 12.6 Å². The third kappa shape index (κ3) is 2.87. The van der Waals surface area contributed by atoms with Gasteiger partial charge in [-0.25, -0.2) is 14.8 Å². The van der Waals surface area contributed by atoms with Gasteiger partial charge in [0.25, 0.3) is 0 Å². The van der Waals surface area contributed by atoms with Crippen molar-refractivity contribution in [2.24, 2.45) is 0 Å². The summed E-state index contributed by atoms with van der Waals surface area (Å²) in [5.41, 5.74) is 1.39. The molecule has 1 aromatic carbocycles. The maximum atomic E-state index is 11.3. The van der Waals surface area contributed by atoms with Gasteiger partial charge in [-0.3, -0.25) is 0 Å². The van der Waals surface area contributed by atoms with Crippen molar-refractivity contribution in [1.82, 2.24) is 9.97 Å². The van der Waals surface area contributed by atoms with Crippen LogP contribution in [0.25, 0.3) is 0 Å². The molecule has 1 heterocycles. The van der Waals surface area contributed by atoms with E-state index in [-0.39, 0.29) is 5.69 Å². The molecule has 0 saturated carbocycles. The molecule has 2 rings (SSSR count). The van der Waals surface area contributed by atoms with E-state index in [0.29, 0.717) is 12.2 Å². The highest BCUT2D eigenvalue weighted by Gasteiger charge is 2.08. The fraction of sp³-hybridized carbons (Fsp3) is 0.154. The Morgan fingerprint density at radius 1 is 1.24 bits per heavy atom. The molecule has 0 aliphatic heterocycles. The van der Waals surface area contributed by atoms with E-state index in [4.69, 9.17) is 0 Å². The number of hydrogen-bond acceptors (Lipinski definition) is 4. The Labute approximate surface area is 99.3 Å². The lowest BCUT2D eigenvalue weighted by molar-refractivity contribution is 0.0593. The van der Waals surface area contributed by atoms with Gasteiger partial charge >= 0.3 is 5.97 Å². The van der Waals surface area contributed by atoms with Gasteiger partial charge < -0.3 is 4.74 Å². The highest BCUT2D eigenvalue weighted by Crippen LogP contribution is 2.06. The third-order valence-corrected chi connectivity index (χ3v) is 2.31. The maximum Gasteiger partial charge on any atom is 0.356 e. The number of ether oxygens (including phenoxy) is 1. The minimum Gasteiger partial charge on any atom is -0.464 e. The normalized spacial score (nSPS) is 9.94. The number of rotatable bonds is 3. The average Bonchev–Trinajstić information content (AvgIpc) is 2.39. The van der Waals surface area contributed by atoms with Crippen molar-refractivity contribution in [2.75, 3.05) is 7.11 Å². The number of methoxy groups -OCH3 is 1. The van der Waals surface area contributed by atoms with Crippen LogP contribution in [0.3, 0.4) is 0 Å². The van der Waals surface area contributed by atoms with E-state index >= 15 is 0 Å². The molecule has 0 radical (unpaired) electrons. The second-order valence-electron chi connectivity index (χ2n) is 3.51. The van der Waals surface area contributed by atoms with Crippen molar-refractivity contribution < 1.29 is 9.53 Å². The van der Waals surface area contributed by atoms with Crippen LogP contribution in [0.15, 0.2) is 42.6 Å². The Morgan fingerprint density at radius 2 is 2.00 bits per heavy atom. The standard InChI is InChI=1S/C13H12N2O2/c1-17-13(16)11-7-8-14-12(15-11)9-10-5-3-2-4-6-10/h2-8H,9H2,1H3. The van der Waals surface area contributed by atoms with Gasteiger partial charge in [-0.05, 0) is 11.6 Å². The zero-order chi connectivity index (χ0) is 12.1. The summed E-state index contributed by atoms with van der Waals surface area (Å²) in [5.74, 6) is 0.167. The number of aromatic nitrogens is 2. The first-order valence-corrected chi connectivity index (χ1v) is 5.24. The molecular formula is C13H12N2O2. The van der Waals surface area contributed by atoms with Gasteiger partial charge in [0.2, 0.25) is 0 Å². The van der Waals surface area contributed by atoms with E-state index in [1.807, 2.05) is 30.3 Å². The Hall–Kier alpha value is -2.23. The SMILES string of the molecule is COC(=O)c1ccnc(Cc2ccccc2)n1. The molecule has 0 saturated heterocycles. The van der Waals surface area contributed by atoms with Crippen LogP contribution in [0, 0.1) is 0 Å². The van der Waals surface area contributed by atoms with Gasteiger partial charge in [-0.2, -0.15) is 0 Å². The highest BCUT2D eigenvalue weighted by molar-refractivity contribution is 5.86. The minimum atomic E-state index is -0.443. The monoisotopic (exact) mass is 228 g/mol. The molecule has 0 aliphatic carbocycles. The predicted octanol–water partition coefficient (Wildman–Crippen LogP) is 1.85. The minimum absolute atomic E-state index is 0.286. The molecule has 86 valence electrons. The van der Waals surface area contributed by atoms with Crippen LogP contribution in [0.4, 0.5) is 0 Å². The molecular weight excluding hydrogens is 216 g/mol. The van der Waals surface area contributed by atoms with Gasteiger partial charge in [-0.1, -0.05) is 30.3 Å². The molecule has 0 unspecified atom stereocenters. The van der Waals surface area contributed by atoms with Crippen LogP contribution < -0.4 is 0 Å². The van der Waals surface area contributed by atoms with E-state index in [1.54, 1.807) is 12.3 Å². The predicted molar refractivity (Wildman–Crippen MR) is 62.6 cm³/mol. The topological polar surface area (TPSA) is 52.1 Å². The lowest BCUT2D eigenvalue weighted by Gasteiger charge is -2.02. The summed E-state index contributed by atoms with van der Waals surface area (Å²) in [5, 5.41) is 0. The Kier molecular flexibility index (Phi) is 3.45. The molecule has 2 aromatic rings. The van der Waals surface area contributed by atoms with Crippen LogP contribution in [0.5, 0.6) is 0 Å². The Morgan fingerprint density at radius 3 is 2.71 bits per heavy atom. The summed E-state index contributed by atoms with van der Waals surface area (Å²) >= 11 is 0. The van der Waals surface area contributed by atoms with Crippen LogP contribution in [-0.4, -0.2) is 23.0 Å². The summed E-state index contributed by atoms with van der Waals surface area (Å²) < 4.78 is 4.61. The van der Waals surface area contributed by atoms with E-state index < -0.39 is 5.97 Å². The van der Waals surface area contributed by atoms with Crippen molar-refractivity contribution in [3.05, 3.63) is 59.7 Å². The fourth-order valence-electron chi connectivity index (χ4n) is 1.48. The third-order valence-electron chi connectivity index (χ3n) is 2.31. The van der Waals surface area contributed by atoms with E-state index in [0.717, 1.165) is 5.56 Å². The van der Waals surface area contributed by atoms with Gasteiger partial charge in [-0.15, -0.1) is 0 Å². The number of carbonyl (C=O) groups excluding carboxylic acids is 1. The average molecular weight is 228 g/mol. The van der Waals surface area contributed by atoms with E-state index in [1.165, 1.54) is 7.11 Å². The number of hydrogen-bond donors (Lipinski definition) is 0. The molecule has 0 atom stereocenters. The lowest BCUT2D eigenvalue weighted by atomic mass is 10.1. The zero-order valence-corrected chi connectivity index (χ0v) is 9.46. The smallest absolute Gasteiger partial charge is 0.356 e. The number of esters is 1. The number of nitrogens with zero attached hydrogens (tertiary/aromatic N) is 2. The summed E-state index contributed by atoms with van der Waals surface area (Å²) in [6.07, 6.45) is 2.17. The van der Waals surface area contributed by atoms with Gasteiger partial charge in [0.05, 0.1) is 7.11 Å². The van der Waals surface area contributed by atoms with Crippen molar-refractivity contribution in [3.8, 4) is 0 Å². The largest absolute Gasteiger partial charge is 0.464 e. The maximum absolute atomic E-state index is 11.3. The zero-order valence-electron chi connectivity index (χ0n) is 9.46. The molecule has 1 aromatic heterocycles. The highest BCUT2D eigenvalue weighted by atomic mass is 16.5. The first-order chi connectivity index (χ1) is 8.29. The molecule has 4 nitrogen and oxygen atoms in total. The Bertz CT molecular complexity index is 512. The van der Waals surface area contributed by atoms with Crippen molar-refractivity contribution >= 4 is 5.97 Å². The van der Waals surface area contributed by atoms with Crippen LogP contribution in [0.1, 0.15) is 21.9 Å². The lowest BCUT2D eigenvalue weighted by Crippen LogP contribution is -2.07. The summed E-state index contributed by atoms with van der Waals surface area (Å²) in [4.78, 5) is 19.6. The molecule has 0 spiro atoms. The van der Waals surface area contributed by atoms with Crippen molar-refractivity contribution in [1.29, 1.82) is 0 Å². The van der Waals surface area contributed by atoms with Crippen molar-refractivity contribution in [2.45, 2.75) is 6.42 Å². The molecule has 0 N–H and O–H groups in total. The summed E-state index contributed by atoms with van der Waals surface area (Å²) in [6.45, 7) is 0. The summed E-state index contributed by atoms with van der Waals surface area (Å²) in [7, 11) is 1.33. The number of benzene rings is 1. The molecule has 0 fully saturated rings. The molecule has 4 heteroatoms. The van der Waals surface area contributed by atoms with Crippen LogP contribution in [0.2, 0.25) is 0 Å². The second-order valence-corrected chi connectivity index (χ2v) is 3.51. The Balaban J connectivity index is 2.20. The second kappa shape index (κ2) is 5.21. The molecule has 17 heavy (non-hydrogen) atoms. The van der Waals surface area contributed by atoms with Crippen LogP contribution in [-0.2, 0) is 11.2 Å². The van der Waals surface area contributed by atoms with E-state index in [9.17, 15) is 4.79 Å². The summed E-state index contributed by atoms with van der Waals surface area (Å²) in [6, 6.07) is 11.4. The molecule has 0 amide bonds. The first-order valence-electron chi connectivity index (χ1n) is 5.24. The van der Waals surface area contributed by atoms with E-state index in [2.05, 4.69) is 14.7 Å². The molecule has 0 bridgehead atoms. The quantitative estimate of drug-likeness (QED) is 0.752. The van der Waals surface area contributed by atoms with Crippen molar-refractivity contribution in [3.63, 3.8) is 0 Å². The van der Waals surface area contributed by atoms with Gasteiger partial charge in [0.15, 0.2) is 5.69 Å². The fourth-order valence-corrected chi connectivity index (χ4v) is 1.48. The van der Waals surface area contributed by atoms with Crippen LogP contribution >= 0.6 is 0 Å². The first kappa shape index (κ1) is 11.3. The van der Waals surface area contributed by atoms with Gasteiger partial charge in [0.1, 0.15) is 5.82 Å². The molecule has 0 aliphatic rings.